The summed E-state index contributed by atoms with van der Waals surface area (Å²) in [6.07, 6.45) is 1.26. The first-order chi connectivity index (χ1) is 9.91. The molecular weight excluding hydrogens is 310 g/mol. The fourth-order valence-corrected chi connectivity index (χ4v) is 4.27. The number of ether oxygens (including phenoxy) is 2. The highest BCUT2D eigenvalue weighted by Crippen LogP contribution is 2.30. The zero-order valence-electron chi connectivity index (χ0n) is 12.9. The zero-order chi connectivity index (χ0) is 15.9. The number of nitrogens with one attached hydrogen (secondary N) is 1. The van der Waals surface area contributed by atoms with E-state index in [2.05, 4.69) is 5.32 Å². The largest absolute Gasteiger partial charge is 0.493 e. The van der Waals surface area contributed by atoms with Crippen LogP contribution < -0.4 is 14.8 Å². The van der Waals surface area contributed by atoms with Crippen LogP contribution in [0.4, 0.5) is 0 Å². The van der Waals surface area contributed by atoms with Gasteiger partial charge in [-0.25, -0.2) is 8.42 Å². The van der Waals surface area contributed by atoms with Gasteiger partial charge in [0.2, 0.25) is 0 Å². The summed E-state index contributed by atoms with van der Waals surface area (Å²) in [5, 5.41) is 3.24. The second-order valence-corrected chi connectivity index (χ2v) is 8.07. The Morgan fingerprint density at radius 2 is 1.90 bits per heavy atom. The van der Waals surface area contributed by atoms with Gasteiger partial charge in [0.05, 0.1) is 20.0 Å². The second kappa shape index (κ2) is 8.51. The van der Waals surface area contributed by atoms with Crippen molar-refractivity contribution in [3.63, 3.8) is 0 Å². The molecule has 0 amide bonds. The first-order valence-electron chi connectivity index (χ1n) is 6.56. The summed E-state index contributed by atoms with van der Waals surface area (Å²) >= 11 is 1.62. The smallest absolute Gasteiger partial charge is 0.161 e. The molecule has 7 heteroatoms. The van der Waals surface area contributed by atoms with Crippen LogP contribution in [0.2, 0.25) is 0 Å². The molecule has 21 heavy (non-hydrogen) atoms. The van der Waals surface area contributed by atoms with E-state index in [9.17, 15) is 8.42 Å². The maximum absolute atomic E-state index is 11.1. The van der Waals surface area contributed by atoms with E-state index in [1.807, 2.05) is 25.2 Å². The first-order valence-corrected chi connectivity index (χ1v) is 9.77. The lowest BCUT2D eigenvalue weighted by Gasteiger charge is -2.18. The Morgan fingerprint density at radius 3 is 2.43 bits per heavy atom. The average molecular weight is 333 g/mol. The van der Waals surface area contributed by atoms with Gasteiger partial charge in [0.25, 0.3) is 0 Å². The Labute approximate surface area is 131 Å². The minimum Gasteiger partial charge on any atom is -0.493 e. The van der Waals surface area contributed by atoms with Crippen molar-refractivity contribution >= 4 is 21.6 Å². The van der Waals surface area contributed by atoms with Gasteiger partial charge in [0.15, 0.2) is 11.5 Å². The van der Waals surface area contributed by atoms with Crippen LogP contribution in [-0.4, -0.2) is 53.2 Å². The third-order valence-electron chi connectivity index (χ3n) is 3.04. The van der Waals surface area contributed by atoms with E-state index in [1.54, 1.807) is 26.0 Å². The molecule has 5 nitrogen and oxygen atoms in total. The van der Waals surface area contributed by atoms with Crippen LogP contribution in [0.15, 0.2) is 18.2 Å². The Balaban J connectivity index is 2.67. The molecule has 1 aromatic carbocycles. The first kappa shape index (κ1) is 18.1. The predicted octanol–water partition coefficient (Wildman–Crippen LogP) is 1.74. The number of rotatable bonds is 9. The quantitative estimate of drug-likeness (QED) is 0.695. The van der Waals surface area contributed by atoms with Crippen LogP contribution >= 0.6 is 11.8 Å². The van der Waals surface area contributed by atoms with Gasteiger partial charge in [0, 0.05) is 23.8 Å². The summed E-state index contributed by atoms with van der Waals surface area (Å²) in [6.45, 7) is 0. The molecule has 0 aliphatic rings. The molecule has 1 aromatic rings. The number of thioether (sulfide) groups is 1. The van der Waals surface area contributed by atoms with Crippen LogP contribution in [0, 0.1) is 0 Å². The normalized spacial score (nSPS) is 13.0. The van der Waals surface area contributed by atoms with Crippen LogP contribution in [0.3, 0.4) is 0 Å². The Bertz CT molecular complexity index is 546. The van der Waals surface area contributed by atoms with E-state index in [1.165, 1.54) is 6.26 Å². The number of benzene rings is 1. The lowest BCUT2D eigenvalue weighted by molar-refractivity contribution is 0.354. The van der Waals surface area contributed by atoms with Crippen LogP contribution in [0.5, 0.6) is 11.5 Å². The molecule has 0 aliphatic heterocycles. The maximum atomic E-state index is 11.1. The Morgan fingerprint density at radius 1 is 1.24 bits per heavy atom. The number of sulfone groups is 1. The van der Waals surface area contributed by atoms with Gasteiger partial charge in [-0.3, -0.25) is 0 Å². The number of hydrogen-bond acceptors (Lipinski definition) is 6. The van der Waals surface area contributed by atoms with Crippen LogP contribution in [0.1, 0.15) is 11.6 Å². The molecule has 1 rings (SSSR count). The summed E-state index contributed by atoms with van der Waals surface area (Å²) in [6, 6.07) is 5.94. The fourth-order valence-electron chi connectivity index (χ4n) is 1.83. The predicted molar refractivity (Wildman–Crippen MR) is 88.4 cm³/mol. The van der Waals surface area contributed by atoms with Crippen molar-refractivity contribution in [1.82, 2.24) is 5.32 Å². The van der Waals surface area contributed by atoms with E-state index < -0.39 is 9.84 Å². The molecule has 0 saturated heterocycles. The minimum atomic E-state index is -2.89. The van der Waals surface area contributed by atoms with E-state index in [-0.39, 0.29) is 11.8 Å². The fraction of sp³-hybridized carbons (Fsp3) is 0.571. The molecule has 0 fully saturated rings. The maximum Gasteiger partial charge on any atom is 0.161 e. The van der Waals surface area contributed by atoms with E-state index in [0.29, 0.717) is 17.3 Å². The summed E-state index contributed by atoms with van der Waals surface area (Å²) in [7, 11) is 2.21. The lowest BCUT2D eigenvalue weighted by atomic mass is 10.1. The zero-order valence-corrected chi connectivity index (χ0v) is 14.5. The molecule has 0 bridgehead atoms. The number of hydrogen-bond donors (Lipinski definition) is 1. The SMILES string of the molecule is CNC(CSCCS(C)(=O)=O)c1ccc(OC)c(OC)c1. The van der Waals surface area contributed by atoms with Crippen LogP contribution in [-0.2, 0) is 9.84 Å². The molecule has 0 saturated carbocycles. The third kappa shape index (κ3) is 6.15. The molecule has 0 aliphatic carbocycles. The Kier molecular flexibility index (Phi) is 7.34. The van der Waals surface area contributed by atoms with Gasteiger partial charge in [0.1, 0.15) is 9.84 Å². The van der Waals surface area contributed by atoms with Gasteiger partial charge in [-0.1, -0.05) is 6.07 Å². The molecule has 0 heterocycles. The summed E-state index contributed by atoms with van der Waals surface area (Å²) < 4.78 is 32.7. The summed E-state index contributed by atoms with van der Waals surface area (Å²) in [4.78, 5) is 0. The van der Waals surface area contributed by atoms with Gasteiger partial charge >= 0.3 is 0 Å². The molecule has 0 radical (unpaired) electrons. The Hall–Kier alpha value is -0.920. The molecule has 1 atom stereocenters. The second-order valence-electron chi connectivity index (χ2n) is 4.66. The average Bonchev–Trinajstić information content (AvgIpc) is 2.45. The molecule has 0 aromatic heterocycles. The molecule has 120 valence electrons. The van der Waals surface area contributed by atoms with Crippen molar-refractivity contribution in [2.75, 3.05) is 44.8 Å². The van der Waals surface area contributed by atoms with Crippen molar-refractivity contribution < 1.29 is 17.9 Å². The number of methoxy groups -OCH3 is 2. The van der Waals surface area contributed by atoms with E-state index in [0.717, 1.165) is 11.3 Å². The topological polar surface area (TPSA) is 64.6 Å². The summed E-state index contributed by atoms with van der Waals surface area (Å²) in [5.41, 5.74) is 1.09. The highest BCUT2D eigenvalue weighted by molar-refractivity contribution is 8.00. The van der Waals surface area contributed by atoms with Crippen molar-refractivity contribution in [1.29, 1.82) is 0 Å². The van der Waals surface area contributed by atoms with Gasteiger partial charge < -0.3 is 14.8 Å². The summed E-state index contributed by atoms with van der Waals surface area (Å²) in [5.74, 6) is 2.99. The molecular formula is C14H23NO4S2. The highest BCUT2D eigenvalue weighted by atomic mass is 32.2. The molecule has 0 spiro atoms. The van der Waals surface area contributed by atoms with Crippen LogP contribution in [0.25, 0.3) is 0 Å². The van der Waals surface area contributed by atoms with Crippen molar-refractivity contribution in [2.24, 2.45) is 0 Å². The van der Waals surface area contributed by atoms with E-state index in [4.69, 9.17) is 9.47 Å². The minimum absolute atomic E-state index is 0.134. The van der Waals surface area contributed by atoms with E-state index >= 15 is 0 Å². The van der Waals surface area contributed by atoms with Gasteiger partial charge in [-0.05, 0) is 24.7 Å². The molecule has 1 unspecified atom stereocenters. The van der Waals surface area contributed by atoms with Gasteiger partial charge in [-0.15, -0.1) is 0 Å². The highest BCUT2D eigenvalue weighted by Gasteiger charge is 2.13. The van der Waals surface area contributed by atoms with Crippen molar-refractivity contribution in [3.05, 3.63) is 23.8 Å². The monoisotopic (exact) mass is 333 g/mol. The molecule has 1 N–H and O–H groups in total. The third-order valence-corrected chi connectivity index (χ3v) is 5.31. The van der Waals surface area contributed by atoms with Crippen molar-refractivity contribution in [2.45, 2.75) is 6.04 Å². The standard InChI is InChI=1S/C14H23NO4S2/c1-15-12(10-20-7-8-21(4,16)17)11-5-6-13(18-2)14(9-11)19-3/h5-6,9,12,15H,7-8,10H2,1-4H3. The van der Waals surface area contributed by atoms with Gasteiger partial charge in [-0.2, -0.15) is 11.8 Å². The lowest BCUT2D eigenvalue weighted by Crippen LogP contribution is -2.19. The van der Waals surface area contributed by atoms with Crippen molar-refractivity contribution in [3.8, 4) is 11.5 Å².